The topological polar surface area (TPSA) is 59.4 Å². The lowest BCUT2D eigenvalue weighted by Gasteiger charge is -2.04. The van der Waals surface area contributed by atoms with Gasteiger partial charge in [-0.05, 0) is 24.3 Å². The third kappa shape index (κ3) is 2.39. The van der Waals surface area contributed by atoms with E-state index < -0.39 is 6.10 Å². The van der Waals surface area contributed by atoms with Gasteiger partial charge in [-0.2, -0.15) is 0 Å². The summed E-state index contributed by atoms with van der Waals surface area (Å²) in [5.41, 5.74) is 1.54. The lowest BCUT2D eigenvalue weighted by molar-refractivity contribution is 0.140. The number of aliphatic hydroxyl groups is 1. The van der Waals surface area contributed by atoms with E-state index in [1.54, 1.807) is 6.07 Å². The van der Waals surface area contributed by atoms with Gasteiger partial charge in [0.1, 0.15) is 23.1 Å². The summed E-state index contributed by atoms with van der Waals surface area (Å²) in [5.74, 6) is 1.94. The summed E-state index contributed by atoms with van der Waals surface area (Å²) in [4.78, 5) is 4.34. The molecule has 2 heterocycles. The quantitative estimate of drug-likeness (QED) is 0.779. The van der Waals surface area contributed by atoms with Crippen molar-refractivity contribution in [3.63, 3.8) is 0 Å². The summed E-state index contributed by atoms with van der Waals surface area (Å²) >= 11 is 0. The number of aryl methyl sites for hydroxylation is 1. The fraction of sp³-hybridized carbons (Fsp3) is 0.267. The van der Waals surface area contributed by atoms with Gasteiger partial charge in [0.2, 0.25) is 0 Å². The number of aromatic nitrogens is 1. The van der Waals surface area contributed by atoms with Crippen LogP contribution >= 0.6 is 0 Å². The van der Waals surface area contributed by atoms with Crippen LogP contribution in [-0.2, 0) is 12.8 Å². The zero-order valence-electron chi connectivity index (χ0n) is 10.7. The zero-order valence-corrected chi connectivity index (χ0v) is 10.7. The first-order valence-corrected chi connectivity index (χ1v) is 6.37. The maximum Gasteiger partial charge on any atom is 0.198 e. The Morgan fingerprint density at radius 2 is 2.00 bits per heavy atom. The third-order valence-corrected chi connectivity index (χ3v) is 3.07. The minimum absolute atomic E-state index is 0.311. The van der Waals surface area contributed by atoms with Crippen LogP contribution in [0.15, 0.2) is 45.2 Å². The maximum atomic E-state index is 10.1. The van der Waals surface area contributed by atoms with Crippen LogP contribution in [0.1, 0.15) is 30.4 Å². The first kappa shape index (κ1) is 12.0. The second kappa shape index (κ2) is 4.90. The predicted molar refractivity (Wildman–Crippen MR) is 70.8 cm³/mol. The molecule has 4 heteroatoms. The predicted octanol–water partition coefficient (Wildman–Crippen LogP) is 3.26. The van der Waals surface area contributed by atoms with Gasteiger partial charge in [-0.15, -0.1) is 0 Å². The second-order valence-electron chi connectivity index (χ2n) is 4.45. The molecule has 19 heavy (non-hydrogen) atoms. The third-order valence-electron chi connectivity index (χ3n) is 3.07. The average molecular weight is 257 g/mol. The van der Waals surface area contributed by atoms with E-state index in [1.807, 2.05) is 37.3 Å². The van der Waals surface area contributed by atoms with Crippen LogP contribution < -0.4 is 0 Å². The van der Waals surface area contributed by atoms with Gasteiger partial charge in [-0.1, -0.05) is 19.1 Å². The van der Waals surface area contributed by atoms with Gasteiger partial charge in [0.25, 0.3) is 0 Å². The van der Waals surface area contributed by atoms with Gasteiger partial charge in [-0.3, -0.25) is 0 Å². The standard InChI is InChI=1S/C15H15NO3/c1-2-10-7-8-14(18-10)12(17)9-15-16-11-5-3-4-6-13(11)19-15/h3-8,12,17H,2,9H2,1H3. The van der Waals surface area contributed by atoms with Crippen molar-refractivity contribution in [3.05, 3.63) is 53.8 Å². The molecular weight excluding hydrogens is 242 g/mol. The van der Waals surface area contributed by atoms with Crippen LogP contribution in [-0.4, -0.2) is 10.1 Å². The fourth-order valence-corrected chi connectivity index (χ4v) is 2.04. The molecule has 1 aromatic carbocycles. The number of hydrogen-bond acceptors (Lipinski definition) is 4. The first-order valence-electron chi connectivity index (χ1n) is 6.37. The molecule has 0 spiro atoms. The molecule has 4 nitrogen and oxygen atoms in total. The molecule has 3 rings (SSSR count). The molecule has 0 aliphatic rings. The normalized spacial score (nSPS) is 12.9. The van der Waals surface area contributed by atoms with Crippen LogP contribution in [0, 0.1) is 0 Å². The molecular formula is C15H15NO3. The van der Waals surface area contributed by atoms with Crippen molar-refractivity contribution < 1.29 is 13.9 Å². The van der Waals surface area contributed by atoms with Crippen molar-refractivity contribution in [1.29, 1.82) is 0 Å². The Kier molecular flexibility index (Phi) is 3.09. The Morgan fingerprint density at radius 3 is 2.74 bits per heavy atom. The number of aliphatic hydroxyl groups excluding tert-OH is 1. The molecule has 0 amide bonds. The van der Waals surface area contributed by atoms with Gasteiger partial charge < -0.3 is 13.9 Å². The highest BCUT2D eigenvalue weighted by molar-refractivity contribution is 5.72. The van der Waals surface area contributed by atoms with Gasteiger partial charge in [0, 0.05) is 6.42 Å². The summed E-state index contributed by atoms with van der Waals surface area (Å²) < 4.78 is 11.1. The molecule has 0 saturated heterocycles. The Labute approximate surface area is 110 Å². The zero-order chi connectivity index (χ0) is 13.2. The number of fused-ring (bicyclic) bond motifs is 1. The molecule has 1 unspecified atom stereocenters. The number of rotatable bonds is 4. The van der Waals surface area contributed by atoms with Gasteiger partial charge in [0.05, 0.1) is 6.42 Å². The van der Waals surface area contributed by atoms with Gasteiger partial charge >= 0.3 is 0 Å². The molecule has 0 aliphatic carbocycles. The summed E-state index contributed by atoms with van der Waals surface area (Å²) in [6.45, 7) is 2.01. The molecule has 98 valence electrons. The Bertz CT molecular complexity index is 650. The summed E-state index contributed by atoms with van der Waals surface area (Å²) in [5, 5.41) is 10.1. The number of oxazole rings is 1. The summed E-state index contributed by atoms with van der Waals surface area (Å²) in [6.07, 6.45) is 0.398. The van der Waals surface area contributed by atoms with Gasteiger partial charge in [0.15, 0.2) is 11.5 Å². The first-order chi connectivity index (χ1) is 9.26. The van der Waals surface area contributed by atoms with Crippen molar-refractivity contribution in [2.75, 3.05) is 0 Å². The van der Waals surface area contributed by atoms with E-state index in [2.05, 4.69) is 4.98 Å². The molecule has 0 saturated carbocycles. The SMILES string of the molecule is CCc1ccc(C(O)Cc2nc3ccccc3o2)o1. The average Bonchev–Trinajstić information content (AvgIpc) is 3.04. The lowest BCUT2D eigenvalue weighted by Crippen LogP contribution is -2.00. The molecule has 0 bridgehead atoms. The Balaban J connectivity index is 1.80. The van der Waals surface area contributed by atoms with Crippen LogP contribution in [0.3, 0.4) is 0 Å². The van der Waals surface area contributed by atoms with Crippen molar-refractivity contribution in [3.8, 4) is 0 Å². The maximum absolute atomic E-state index is 10.1. The molecule has 0 radical (unpaired) electrons. The van der Waals surface area contributed by atoms with E-state index in [1.165, 1.54) is 0 Å². The van der Waals surface area contributed by atoms with E-state index in [0.717, 1.165) is 23.3 Å². The Hall–Kier alpha value is -2.07. The second-order valence-corrected chi connectivity index (χ2v) is 4.45. The van der Waals surface area contributed by atoms with Crippen LogP contribution in [0.2, 0.25) is 0 Å². The van der Waals surface area contributed by atoms with Crippen LogP contribution in [0.25, 0.3) is 11.1 Å². The van der Waals surface area contributed by atoms with E-state index in [4.69, 9.17) is 8.83 Å². The molecule has 1 N–H and O–H groups in total. The highest BCUT2D eigenvalue weighted by Gasteiger charge is 2.16. The molecule has 0 fully saturated rings. The largest absolute Gasteiger partial charge is 0.463 e. The van der Waals surface area contributed by atoms with E-state index >= 15 is 0 Å². The number of para-hydroxylation sites is 2. The van der Waals surface area contributed by atoms with Crippen molar-refractivity contribution in [2.45, 2.75) is 25.9 Å². The molecule has 0 aliphatic heterocycles. The molecule has 1 atom stereocenters. The van der Waals surface area contributed by atoms with Crippen molar-refractivity contribution >= 4 is 11.1 Å². The fourth-order valence-electron chi connectivity index (χ4n) is 2.04. The number of hydrogen-bond donors (Lipinski definition) is 1. The minimum Gasteiger partial charge on any atom is -0.463 e. The smallest absolute Gasteiger partial charge is 0.198 e. The summed E-state index contributed by atoms with van der Waals surface area (Å²) in [6, 6.07) is 11.2. The van der Waals surface area contributed by atoms with E-state index in [-0.39, 0.29) is 0 Å². The number of furan rings is 1. The minimum atomic E-state index is -0.728. The van der Waals surface area contributed by atoms with Crippen molar-refractivity contribution in [2.24, 2.45) is 0 Å². The van der Waals surface area contributed by atoms with Crippen LogP contribution in [0.5, 0.6) is 0 Å². The number of benzene rings is 1. The Morgan fingerprint density at radius 1 is 1.16 bits per heavy atom. The van der Waals surface area contributed by atoms with Crippen molar-refractivity contribution in [1.82, 2.24) is 4.98 Å². The van der Waals surface area contributed by atoms with E-state index in [0.29, 0.717) is 18.1 Å². The lowest BCUT2D eigenvalue weighted by atomic mass is 10.2. The highest BCUT2D eigenvalue weighted by Crippen LogP contribution is 2.23. The van der Waals surface area contributed by atoms with E-state index in [9.17, 15) is 5.11 Å². The van der Waals surface area contributed by atoms with Crippen LogP contribution in [0.4, 0.5) is 0 Å². The monoisotopic (exact) mass is 257 g/mol. The van der Waals surface area contributed by atoms with Gasteiger partial charge in [-0.25, -0.2) is 4.98 Å². The molecule has 3 aromatic rings. The summed E-state index contributed by atoms with van der Waals surface area (Å²) in [7, 11) is 0. The molecule has 2 aromatic heterocycles. The highest BCUT2D eigenvalue weighted by atomic mass is 16.4. The number of nitrogens with zero attached hydrogens (tertiary/aromatic N) is 1.